The molecule has 0 spiro atoms. The van der Waals surface area contributed by atoms with E-state index in [1.807, 2.05) is 0 Å². The van der Waals surface area contributed by atoms with Gasteiger partial charge in [0.1, 0.15) is 5.82 Å². The molecule has 2 aliphatic rings. The van der Waals surface area contributed by atoms with Crippen LogP contribution in [0.5, 0.6) is 0 Å². The molecule has 0 unspecified atom stereocenters. The van der Waals surface area contributed by atoms with Gasteiger partial charge in [0.25, 0.3) is 0 Å². The van der Waals surface area contributed by atoms with E-state index in [0.717, 1.165) is 62.4 Å². The number of hydrogen-bond donors (Lipinski definition) is 3. The third kappa shape index (κ3) is 5.68. The van der Waals surface area contributed by atoms with E-state index in [2.05, 4.69) is 66.1 Å². The monoisotopic (exact) mass is 452 g/mol. The Hall–Kier alpha value is -2.41. The zero-order valence-corrected chi connectivity index (χ0v) is 20.4. The van der Waals surface area contributed by atoms with Crippen LogP contribution in [0.1, 0.15) is 62.3 Å². The predicted octanol–water partition coefficient (Wildman–Crippen LogP) is 4.69. The second kappa shape index (κ2) is 10.5. The molecule has 1 saturated carbocycles. The van der Waals surface area contributed by atoms with Gasteiger partial charge in [-0.25, -0.2) is 4.98 Å². The molecule has 7 heteroatoms. The predicted molar refractivity (Wildman–Crippen MR) is 138 cm³/mol. The Bertz CT molecular complexity index is 936. The minimum atomic E-state index is 0.407. The van der Waals surface area contributed by atoms with Gasteiger partial charge in [-0.3, -0.25) is 0 Å². The average molecular weight is 453 g/mol. The highest BCUT2D eigenvalue weighted by atomic mass is 32.1. The standard InChI is InChI=1S/C25H36N6S/c1-4-17-8-7-9-20(16-17)28-25(32)27-19-14-12-18(13-15-19)26-24-29-22-11-6-5-10-21(22)23(30-24)31(2)3/h7-9,16,18-19H,4-6,10-15H2,1-3H3,(H,26,29,30)(H2,27,28,32)/t18-,19+. The van der Waals surface area contributed by atoms with Gasteiger partial charge >= 0.3 is 0 Å². The molecule has 0 atom stereocenters. The number of hydrogen-bond acceptors (Lipinski definition) is 5. The fourth-order valence-corrected chi connectivity index (χ4v) is 5.08. The molecule has 3 N–H and O–H groups in total. The van der Waals surface area contributed by atoms with Crippen molar-refractivity contribution in [1.82, 2.24) is 15.3 Å². The smallest absolute Gasteiger partial charge is 0.225 e. The van der Waals surface area contributed by atoms with Crippen molar-refractivity contribution in [2.45, 2.75) is 76.8 Å². The Kier molecular flexibility index (Phi) is 7.45. The molecule has 2 aliphatic carbocycles. The number of anilines is 3. The molecule has 4 rings (SSSR count). The van der Waals surface area contributed by atoms with Crippen LogP contribution in [-0.2, 0) is 19.3 Å². The van der Waals surface area contributed by atoms with Crippen LogP contribution in [0.4, 0.5) is 17.5 Å². The van der Waals surface area contributed by atoms with E-state index in [0.29, 0.717) is 17.2 Å². The van der Waals surface area contributed by atoms with Crippen molar-refractivity contribution in [3.05, 3.63) is 41.1 Å². The van der Waals surface area contributed by atoms with Crippen molar-refractivity contribution in [3.63, 3.8) is 0 Å². The summed E-state index contributed by atoms with van der Waals surface area (Å²) < 4.78 is 0. The van der Waals surface area contributed by atoms with Gasteiger partial charge in [0, 0.05) is 37.4 Å². The average Bonchev–Trinajstić information content (AvgIpc) is 2.80. The van der Waals surface area contributed by atoms with Gasteiger partial charge in [-0.2, -0.15) is 4.98 Å². The molecule has 1 heterocycles. The highest BCUT2D eigenvalue weighted by molar-refractivity contribution is 7.80. The Labute approximate surface area is 197 Å². The van der Waals surface area contributed by atoms with Gasteiger partial charge in [-0.15, -0.1) is 0 Å². The molecule has 2 aromatic rings. The van der Waals surface area contributed by atoms with Crippen molar-refractivity contribution in [2.75, 3.05) is 29.6 Å². The highest BCUT2D eigenvalue weighted by Crippen LogP contribution is 2.29. The van der Waals surface area contributed by atoms with Crippen LogP contribution < -0.4 is 20.9 Å². The molecule has 0 bridgehead atoms. The SMILES string of the molecule is CCc1cccc(NC(=S)N[C@H]2CC[C@@H](Nc3nc4c(c(N(C)C)n3)CCCC4)CC2)c1. The number of nitrogens with one attached hydrogen (secondary N) is 3. The fourth-order valence-electron chi connectivity index (χ4n) is 4.79. The zero-order chi connectivity index (χ0) is 22.5. The summed E-state index contributed by atoms with van der Waals surface area (Å²) in [6.45, 7) is 2.17. The minimum absolute atomic E-state index is 0.407. The van der Waals surface area contributed by atoms with E-state index in [1.54, 1.807) is 0 Å². The van der Waals surface area contributed by atoms with Gasteiger partial charge in [-0.1, -0.05) is 19.1 Å². The Morgan fingerprint density at radius 3 is 2.56 bits per heavy atom. The Morgan fingerprint density at radius 2 is 1.81 bits per heavy atom. The van der Waals surface area contributed by atoms with Gasteiger partial charge in [0.2, 0.25) is 5.95 Å². The molecule has 1 fully saturated rings. The lowest BCUT2D eigenvalue weighted by Gasteiger charge is -2.31. The summed E-state index contributed by atoms with van der Waals surface area (Å²) in [6.07, 6.45) is 9.99. The van der Waals surface area contributed by atoms with Gasteiger partial charge in [-0.05, 0) is 87.7 Å². The summed E-state index contributed by atoms with van der Waals surface area (Å²) in [6, 6.07) is 9.26. The molecule has 6 nitrogen and oxygen atoms in total. The van der Waals surface area contributed by atoms with E-state index < -0.39 is 0 Å². The number of fused-ring (bicyclic) bond motifs is 1. The van der Waals surface area contributed by atoms with Crippen molar-refractivity contribution in [2.24, 2.45) is 0 Å². The van der Waals surface area contributed by atoms with E-state index in [1.165, 1.54) is 29.7 Å². The lowest BCUT2D eigenvalue weighted by Crippen LogP contribution is -2.42. The Balaban J connectivity index is 1.29. The van der Waals surface area contributed by atoms with Gasteiger partial charge in [0.05, 0.1) is 5.69 Å². The van der Waals surface area contributed by atoms with E-state index in [9.17, 15) is 0 Å². The molecular formula is C25H36N6S. The second-order valence-corrected chi connectivity index (χ2v) is 9.65. The summed E-state index contributed by atoms with van der Waals surface area (Å²) in [5.41, 5.74) is 4.94. The Morgan fingerprint density at radius 1 is 1.06 bits per heavy atom. The molecule has 1 aromatic carbocycles. The first kappa shape index (κ1) is 22.8. The van der Waals surface area contributed by atoms with Crippen LogP contribution in [0.2, 0.25) is 0 Å². The maximum atomic E-state index is 5.56. The molecule has 0 aliphatic heterocycles. The first-order valence-corrected chi connectivity index (χ1v) is 12.4. The quantitative estimate of drug-likeness (QED) is 0.549. The summed E-state index contributed by atoms with van der Waals surface area (Å²) in [5.74, 6) is 1.87. The van der Waals surface area contributed by atoms with Crippen LogP contribution in [0.25, 0.3) is 0 Å². The highest BCUT2D eigenvalue weighted by Gasteiger charge is 2.24. The molecule has 172 valence electrons. The van der Waals surface area contributed by atoms with E-state index in [4.69, 9.17) is 22.2 Å². The summed E-state index contributed by atoms with van der Waals surface area (Å²) in [5, 5.41) is 11.2. The summed E-state index contributed by atoms with van der Waals surface area (Å²) in [7, 11) is 4.15. The van der Waals surface area contributed by atoms with Crippen LogP contribution in [0.15, 0.2) is 24.3 Å². The maximum Gasteiger partial charge on any atom is 0.225 e. The molecule has 1 aromatic heterocycles. The van der Waals surface area contributed by atoms with Gasteiger partial charge < -0.3 is 20.9 Å². The van der Waals surface area contributed by atoms with Crippen LogP contribution >= 0.6 is 12.2 Å². The van der Waals surface area contributed by atoms with Crippen LogP contribution in [0.3, 0.4) is 0 Å². The summed E-state index contributed by atoms with van der Waals surface area (Å²) >= 11 is 5.56. The number of aryl methyl sites for hydroxylation is 2. The largest absolute Gasteiger partial charge is 0.362 e. The first-order chi connectivity index (χ1) is 15.5. The summed E-state index contributed by atoms with van der Waals surface area (Å²) in [4.78, 5) is 11.9. The zero-order valence-electron chi connectivity index (χ0n) is 19.6. The first-order valence-electron chi connectivity index (χ1n) is 12.0. The third-order valence-electron chi connectivity index (χ3n) is 6.57. The maximum absolute atomic E-state index is 5.56. The fraction of sp³-hybridized carbons (Fsp3) is 0.560. The molecule has 0 saturated heterocycles. The number of aromatic nitrogens is 2. The molecule has 32 heavy (non-hydrogen) atoms. The van der Waals surface area contributed by atoms with Crippen LogP contribution in [0, 0.1) is 0 Å². The molecule has 0 radical (unpaired) electrons. The van der Waals surface area contributed by atoms with Crippen molar-refractivity contribution < 1.29 is 0 Å². The normalized spacial score (nSPS) is 20.2. The second-order valence-electron chi connectivity index (χ2n) is 9.24. The number of rotatable bonds is 6. The lowest BCUT2D eigenvalue weighted by molar-refractivity contribution is 0.387. The third-order valence-corrected chi connectivity index (χ3v) is 6.79. The lowest BCUT2D eigenvalue weighted by atomic mass is 9.91. The van der Waals surface area contributed by atoms with Gasteiger partial charge in [0.15, 0.2) is 5.11 Å². The van der Waals surface area contributed by atoms with E-state index in [-0.39, 0.29) is 0 Å². The van der Waals surface area contributed by atoms with Crippen molar-refractivity contribution in [1.29, 1.82) is 0 Å². The van der Waals surface area contributed by atoms with Crippen molar-refractivity contribution >= 4 is 34.8 Å². The van der Waals surface area contributed by atoms with Crippen molar-refractivity contribution in [3.8, 4) is 0 Å². The molecule has 0 amide bonds. The minimum Gasteiger partial charge on any atom is -0.362 e. The number of nitrogens with zero attached hydrogens (tertiary/aromatic N) is 3. The topological polar surface area (TPSA) is 65.1 Å². The number of benzene rings is 1. The van der Waals surface area contributed by atoms with Crippen LogP contribution in [-0.4, -0.2) is 41.3 Å². The van der Waals surface area contributed by atoms with E-state index >= 15 is 0 Å². The number of thiocarbonyl (C=S) groups is 1. The molecular weight excluding hydrogens is 416 g/mol.